The minimum absolute atomic E-state index is 0.215. The van der Waals surface area contributed by atoms with E-state index in [1.807, 2.05) is 30.3 Å². The third kappa shape index (κ3) is 6.58. The van der Waals surface area contributed by atoms with E-state index in [0.29, 0.717) is 34.7 Å². The van der Waals surface area contributed by atoms with Crippen molar-refractivity contribution in [1.29, 1.82) is 0 Å². The monoisotopic (exact) mass is 517 g/mol. The molecule has 0 spiro atoms. The minimum atomic E-state index is -1.32. The topological polar surface area (TPSA) is 100 Å². The molecule has 0 atom stereocenters. The highest BCUT2D eigenvalue weighted by molar-refractivity contribution is 9.10. The van der Waals surface area contributed by atoms with E-state index in [-0.39, 0.29) is 18.1 Å². The Morgan fingerprint density at radius 3 is 2.33 bits per heavy atom. The number of nitrogens with one attached hydrogen (secondary N) is 1. The van der Waals surface area contributed by atoms with Crippen LogP contribution in [-0.4, -0.2) is 36.8 Å². The largest absolute Gasteiger partial charge is 0.490 e. The van der Waals surface area contributed by atoms with Gasteiger partial charge in [0.1, 0.15) is 5.57 Å². The summed E-state index contributed by atoms with van der Waals surface area (Å²) in [6.07, 6.45) is 1.35. The van der Waals surface area contributed by atoms with E-state index in [1.54, 1.807) is 19.1 Å². The van der Waals surface area contributed by atoms with Crippen LogP contribution in [0, 0.1) is 0 Å². The summed E-state index contributed by atoms with van der Waals surface area (Å²) >= 11 is 3.40. The minimum Gasteiger partial charge on any atom is -0.490 e. The predicted molar refractivity (Wildman–Crippen MR) is 123 cm³/mol. The van der Waals surface area contributed by atoms with E-state index < -0.39 is 17.7 Å². The van der Waals surface area contributed by atoms with Crippen LogP contribution in [0.2, 0.25) is 0 Å². The van der Waals surface area contributed by atoms with Gasteiger partial charge in [-0.3, -0.25) is 4.79 Å². The number of hydrogen-bond donors (Lipinski definition) is 1. The third-order valence-corrected chi connectivity index (χ3v) is 5.16. The Hall–Kier alpha value is -3.33. The van der Waals surface area contributed by atoms with Crippen molar-refractivity contribution in [1.82, 2.24) is 5.32 Å². The number of hydrogen-bond acceptors (Lipinski definition) is 7. The molecule has 0 aliphatic carbocycles. The maximum atomic E-state index is 12.2. The van der Waals surface area contributed by atoms with Crippen molar-refractivity contribution >= 4 is 39.9 Å². The van der Waals surface area contributed by atoms with Crippen LogP contribution in [-0.2, 0) is 30.4 Å². The number of cyclic esters (lactones) is 2. The number of carbonyl (C=O) groups is 3. The van der Waals surface area contributed by atoms with Crippen molar-refractivity contribution in [2.45, 2.75) is 33.1 Å². The SMILES string of the molecule is CCOc1cc(C=C2C(=O)OC(C)(C)OC2=O)c(Br)cc1OCC(=O)NCc1ccccc1. The first-order chi connectivity index (χ1) is 15.7. The summed E-state index contributed by atoms with van der Waals surface area (Å²) in [5.74, 6) is -2.50. The van der Waals surface area contributed by atoms with Crippen molar-refractivity contribution in [3.63, 3.8) is 0 Å². The highest BCUT2D eigenvalue weighted by Gasteiger charge is 2.39. The van der Waals surface area contributed by atoms with Gasteiger partial charge < -0.3 is 24.3 Å². The first-order valence-electron chi connectivity index (χ1n) is 10.3. The van der Waals surface area contributed by atoms with Gasteiger partial charge >= 0.3 is 11.9 Å². The molecule has 1 amide bonds. The molecule has 2 aromatic rings. The van der Waals surface area contributed by atoms with Crippen LogP contribution >= 0.6 is 15.9 Å². The number of carbonyl (C=O) groups excluding carboxylic acids is 3. The first kappa shape index (κ1) is 24.3. The third-order valence-electron chi connectivity index (χ3n) is 4.47. The zero-order chi connectivity index (χ0) is 24.0. The Bertz CT molecular complexity index is 1060. The van der Waals surface area contributed by atoms with Crippen LogP contribution in [0.25, 0.3) is 6.08 Å². The van der Waals surface area contributed by atoms with Crippen LogP contribution in [0.4, 0.5) is 0 Å². The molecule has 3 rings (SSSR count). The maximum Gasteiger partial charge on any atom is 0.348 e. The molecule has 33 heavy (non-hydrogen) atoms. The number of amides is 1. The van der Waals surface area contributed by atoms with Gasteiger partial charge in [-0.2, -0.15) is 0 Å². The molecule has 2 aromatic carbocycles. The molecule has 1 N–H and O–H groups in total. The van der Waals surface area contributed by atoms with E-state index in [2.05, 4.69) is 21.2 Å². The highest BCUT2D eigenvalue weighted by Crippen LogP contribution is 2.36. The van der Waals surface area contributed by atoms with Crippen LogP contribution in [0.15, 0.2) is 52.5 Å². The number of halogens is 1. The quantitative estimate of drug-likeness (QED) is 0.323. The van der Waals surface area contributed by atoms with Crippen molar-refractivity contribution in [2.24, 2.45) is 0 Å². The van der Waals surface area contributed by atoms with Gasteiger partial charge in [0.25, 0.3) is 11.7 Å². The van der Waals surface area contributed by atoms with Crippen molar-refractivity contribution in [2.75, 3.05) is 13.2 Å². The van der Waals surface area contributed by atoms with Gasteiger partial charge in [0.05, 0.1) is 6.61 Å². The fraction of sp³-hybridized carbons (Fsp3) is 0.292. The molecule has 1 fully saturated rings. The summed E-state index contributed by atoms with van der Waals surface area (Å²) in [4.78, 5) is 36.7. The molecule has 0 bridgehead atoms. The van der Waals surface area contributed by atoms with Gasteiger partial charge in [0, 0.05) is 24.9 Å². The average Bonchev–Trinajstić information content (AvgIpc) is 2.75. The Kier molecular flexibility index (Phi) is 7.75. The van der Waals surface area contributed by atoms with Gasteiger partial charge in [0.2, 0.25) is 0 Å². The molecule has 0 radical (unpaired) electrons. The fourth-order valence-electron chi connectivity index (χ4n) is 2.97. The second-order valence-electron chi connectivity index (χ2n) is 7.54. The lowest BCUT2D eigenvalue weighted by atomic mass is 10.1. The molecule has 9 heteroatoms. The van der Waals surface area contributed by atoms with Crippen molar-refractivity contribution in [3.05, 3.63) is 63.6 Å². The van der Waals surface area contributed by atoms with Crippen LogP contribution in [0.3, 0.4) is 0 Å². The maximum absolute atomic E-state index is 12.2. The van der Waals surface area contributed by atoms with Crippen molar-refractivity contribution < 1.29 is 33.3 Å². The van der Waals surface area contributed by atoms with E-state index in [4.69, 9.17) is 18.9 Å². The molecule has 1 heterocycles. The number of rotatable bonds is 8. The van der Waals surface area contributed by atoms with Crippen LogP contribution in [0.1, 0.15) is 31.9 Å². The Labute approximate surface area is 200 Å². The summed E-state index contributed by atoms with van der Waals surface area (Å²) < 4.78 is 22.1. The van der Waals surface area contributed by atoms with Gasteiger partial charge in [0.15, 0.2) is 18.1 Å². The Balaban J connectivity index is 1.73. The van der Waals surface area contributed by atoms with E-state index in [1.165, 1.54) is 19.9 Å². The van der Waals surface area contributed by atoms with Gasteiger partial charge in [-0.15, -0.1) is 0 Å². The molecule has 8 nitrogen and oxygen atoms in total. The number of benzene rings is 2. The summed E-state index contributed by atoms with van der Waals surface area (Å²) in [5.41, 5.74) is 1.21. The van der Waals surface area contributed by atoms with Crippen molar-refractivity contribution in [3.8, 4) is 11.5 Å². The Morgan fingerprint density at radius 1 is 1.06 bits per heavy atom. The molecule has 0 aromatic heterocycles. The van der Waals surface area contributed by atoms with E-state index >= 15 is 0 Å². The number of ether oxygens (including phenoxy) is 4. The smallest absolute Gasteiger partial charge is 0.348 e. The molecule has 174 valence electrons. The molecular weight excluding hydrogens is 494 g/mol. The van der Waals surface area contributed by atoms with Gasteiger partial charge in [-0.25, -0.2) is 9.59 Å². The normalized spacial score (nSPS) is 14.7. The van der Waals surface area contributed by atoms with Crippen LogP contribution in [0.5, 0.6) is 11.5 Å². The van der Waals surface area contributed by atoms with E-state index in [9.17, 15) is 14.4 Å². The summed E-state index contributed by atoms with van der Waals surface area (Å²) in [6.45, 7) is 5.27. The lowest BCUT2D eigenvalue weighted by molar-refractivity contribution is -0.222. The molecule has 1 saturated heterocycles. The average molecular weight is 518 g/mol. The number of esters is 2. The summed E-state index contributed by atoms with van der Waals surface area (Å²) in [7, 11) is 0. The molecule has 0 saturated carbocycles. The fourth-order valence-corrected chi connectivity index (χ4v) is 3.40. The van der Waals surface area contributed by atoms with Gasteiger partial charge in [-0.05, 0) is 36.3 Å². The highest BCUT2D eigenvalue weighted by atomic mass is 79.9. The van der Waals surface area contributed by atoms with Crippen LogP contribution < -0.4 is 14.8 Å². The zero-order valence-corrected chi connectivity index (χ0v) is 20.1. The second-order valence-corrected chi connectivity index (χ2v) is 8.40. The summed E-state index contributed by atoms with van der Waals surface area (Å²) in [6, 6.07) is 12.7. The molecule has 0 unspecified atom stereocenters. The lowest BCUT2D eigenvalue weighted by Crippen LogP contribution is -2.41. The van der Waals surface area contributed by atoms with Gasteiger partial charge in [-0.1, -0.05) is 46.3 Å². The Morgan fingerprint density at radius 2 is 1.70 bits per heavy atom. The molecular formula is C24H24BrNO7. The zero-order valence-electron chi connectivity index (χ0n) is 18.5. The first-order valence-corrected chi connectivity index (χ1v) is 11.1. The lowest BCUT2D eigenvalue weighted by Gasteiger charge is -2.29. The predicted octanol–water partition coefficient (Wildman–Crippen LogP) is 3.76. The second kappa shape index (κ2) is 10.5. The summed E-state index contributed by atoms with van der Waals surface area (Å²) in [5, 5.41) is 2.79. The standard InChI is InChI=1S/C24H24BrNO7/c1-4-30-19-11-16(10-17-22(28)32-24(2,3)33-23(17)29)18(25)12-20(19)31-14-21(27)26-13-15-8-6-5-7-9-15/h5-12H,4,13-14H2,1-3H3,(H,26,27). The molecule has 1 aliphatic heterocycles. The molecule has 1 aliphatic rings. The van der Waals surface area contributed by atoms with E-state index in [0.717, 1.165) is 5.56 Å².